The third-order valence-electron chi connectivity index (χ3n) is 2.37. The normalized spacial score (nSPS) is 17.0. The molecular formula is C11H25N. The Bertz CT molecular complexity index is 108. The molecule has 0 radical (unpaired) electrons. The Morgan fingerprint density at radius 1 is 0.917 bits per heavy atom. The summed E-state index contributed by atoms with van der Waals surface area (Å²) in [6, 6.07) is 1.29. The van der Waals surface area contributed by atoms with E-state index in [0.717, 1.165) is 11.8 Å². The second-order valence-corrected chi connectivity index (χ2v) is 4.73. The fraction of sp³-hybridized carbons (Fsp3) is 1.00. The molecule has 0 aliphatic carbocycles. The van der Waals surface area contributed by atoms with Gasteiger partial charge in [-0.25, -0.2) is 0 Å². The molecule has 0 rings (SSSR count). The maximum Gasteiger partial charge on any atom is 0.00642 e. The Morgan fingerprint density at radius 2 is 1.42 bits per heavy atom. The molecule has 0 aromatic heterocycles. The molecule has 0 amide bonds. The molecule has 1 unspecified atom stereocenters. The van der Waals surface area contributed by atoms with Gasteiger partial charge in [0.05, 0.1) is 0 Å². The average Bonchev–Trinajstić information content (AvgIpc) is 1.84. The summed E-state index contributed by atoms with van der Waals surface area (Å²) in [5.74, 6) is 1.53. The number of nitrogens with one attached hydrogen (secondary N) is 1. The zero-order valence-electron chi connectivity index (χ0n) is 9.52. The lowest BCUT2D eigenvalue weighted by Crippen LogP contribution is -2.38. The zero-order chi connectivity index (χ0) is 9.72. The molecule has 0 aliphatic rings. The van der Waals surface area contributed by atoms with Crippen molar-refractivity contribution in [3.05, 3.63) is 0 Å². The first-order valence-corrected chi connectivity index (χ1v) is 5.19. The Labute approximate surface area is 77.9 Å². The summed E-state index contributed by atoms with van der Waals surface area (Å²) in [5.41, 5.74) is 0. The standard InChI is InChI=1S/C11H25N/c1-8(2)7-10(5)12-11(6)9(3)4/h8-12H,7H2,1-6H3/t10-,11?/m1/s1. The average molecular weight is 171 g/mol. The first-order chi connectivity index (χ1) is 5.43. The van der Waals surface area contributed by atoms with Crippen molar-refractivity contribution in [1.82, 2.24) is 5.32 Å². The van der Waals surface area contributed by atoms with E-state index in [9.17, 15) is 0 Å². The van der Waals surface area contributed by atoms with Crippen LogP contribution in [0.25, 0.3) is 0 Å². The maximum atomic E-state index is 3.61. The lowest BCUT2D eigenvalue weighted by atomic mass is 10.0. The Balaban J connectivity index is 3.61. The van der Waals surface area contributed by atoms with Gasteiger partial charge in [-0.1, -0.05) is 27.7 Å². The van der Waals surface area contributed by atoms with E-state index in [4.69, 9.17) is 0 Å². The predicted molar refractivity (Wildman–Crippen MR) is 56.4 cm³/mol. The smallest absolute Gasteiger partial charge is 0.00642 e. The van der Waals surface area contributed by atoms with Gasteiger partial charge in [-0.05, 0) is 32.1 Å². The van der Waals surface area contributed by atoms with Crippen molar-refractivity contribution in [1.29, 1.82) is 0 Å². The molecule has 0 saturated heterocycles. The van der Waals surface area contributed by atoms with E-state index in [0.29, 0.717) is 12.1 Å². The van der Waals surface area contributed by atoms with Gasteiger partial charge in [-0.2, -0.15) is 0 Å². The Hall–Kier alpha value is -0.0400. The number of hydrogen-bond donors (Lipinski definition) is 1. The van der Waals surface area contributed by atoms with E-state index in [1.807, 2.05) is 0 Å². The van der Waals surface area contributed by atoms with Gasteiger partial charge in [-0.15, -0.1) is 0 Å². The fourth-order valence-electron chi connectivity index (χ4n) is 1.42. The predicted octanol–water partition coefficient (Wildman–Crippen LogP) is 3.06. The summed E-state index contributed by atoms with van der Waals surface area (Å²) < 4.78 is 0. The molecule has 0 fully saturated rings. The molecule has 1 nitrogen and oxygen atoms in total. The van der Waals surface area contributed by atoms with E-state index < -0.39 is 0 Å². The van der Waals surface area contributed by atoms with Gasteiger partial charge in [0.25, 0.3) is 0 Å². The van der Waals surface area contributed by atoms with Crippen molar-refractivity contribution in [3.63, 3.8) is 0 Å². The van der Waals surface area contributed by atoms with Gasteiger partial charge in [0, 0.05) is 12.1 Å². The third-order valence-corrected chi connectivity index (χ3v) is 2.37. The molecule has 1 heteroatoms. The quantitative estimate of drug-likeness (QED) is 0.670. The van der Waals surface area contributed by atoms with Crippen molar-refractivity contribution >= 4 is 0 Å². The molecule has 0 spiro atoms. The van der Waals surface area contributed by atoms with Crippen LogP contribution in [0.15, 0.2) is 0 Å². The minimum atomic E-state index is 0.638. The highest BCUT2D eigenvalue weighted by Crippen LogP contribution is 2.07. The van der Waals surface area contributed by atoms with Crippen LogP contribution in [-0.2, 0) is 0 Å². The van der Waals surface area contributed by atoms with E-state index >= 15 is 0 Å². The molecule has 0 aromatic carbocycles. The van der Waals surface area contributed by atoms with Crippen LogP contribution in [0.2, 0.25) is 0 Å². The monoisotopic (exact) mass is 171 g/mol. The number of rotatable bonds is 5. The highest BCUT2D eigenvalue weighted by atomic mass is 14.9. The summed E-state index contributed by atoms with van der Waals surface area (Å²) in [7, 11) is 0. The molecule has 0 heterocycles. The first-order valence-electron chi connectivity index (χ1n) is 5.19. The highest BCUT2D eigenvalue weighted by Gasteiger charge is 2.11. The summed E-state index contributed by atoms with van der Waals surface area (Å²) >= 11 is 0. The number of hydrogen-bond acceptors (Lipinski definition) is 1. The van der Waals surface area contributed by atoms with Crippen LogP contribution < -0.4 is 5.32 Å². The summed E-state index contributed by atoms with van der Waals surface area (Å²) in [5, 5.41) is 3.61. The van der Waals surface area contributed by atoms with Crippen LogP contribution in [0.1, 0.15) is 48.0 Å². The zero-order valence-corrected chi connectivity index (χ0v) is 9.52. The van der Waals surface area contributed by atoms with Crippen LogP contribution in [0.5, 0.6) is 0 Å². The highest BCUT2D eigenvalue weighted by molar-refractivity contribution is 4.70. The van der Waals surface area contributed by atoms with Crippen molar-refractivity contribution < 1.29 is 0 Å². The third kappa shape index (κ3) is 5.59. The summed E-state index contributed by atoms with van der Waals surface area (Å²) in [6.45, 7) is 13.6. The largest absolute Gasteiger partial charge is 0.312 e. The van der Waals surface area contributed by atoms with E-state index in [2.05, 4.69) is 46.9 Å². The molecular weight excluding hydrogens is 146 g/mol. The maximum absolute atomic E-state index is 3.61. The van der Waals surface area contributed by atoms with Gasteiger partial charge in [0.1, 0.15) is 0 Å². The molecule has 2 atom stereocenters. The molecule has 74 valence electrons. The SMILES string of the molecule is CC(C)C[C@@H](C)NC(C)C(C)C. The van der Waals surface area contributed by atoms with Gasteiger partial charge >= 0.3 is 0 Å². The van der Waals surface area contributed by atoms with Crippen molar-refractivity contribution in [2.45, 2.75) is 60.0 Å². The lowest BCUT2D eigenvalue weighted by molar-refractivity contribution is 0.350. The topological polar surface area (TPSA) is 12.0 Å². The van der Waals surface area contributed by atoms with Crippen LogP contribution >= 0.6 is 0 Å². The van der Waals surface area contributed by atoms with Crippen LogP contribution in [0.3, 0.4) is 0 Å². The second kappa shape index (κ2) is 5.58. The summed E-state index contributed by atoms with van der Waals surface area (Å²) in [4.78, 5) is 0. The first kappa shape index (κ1) is 12.0. The Kier molecular flexibility index (Phi) is 5.56. The van der Waals surface area contributed by atoms with Crippen molar-refractivity contribution in [3.8, 4) is 0 Å². The molecule has 0 bridgehead atoms. The summed E-state index contributed by atoms with van der Waals surface area (Å²) in [6.07, 6.45) is 1.27. The van der Waals surface area contributed by atoms with E-state index in [1.165, 1.54) is 6.42 Å². The van der Waals surface area contributed by atoms with Crippen LogP contribution in [-0.4, -0.2) is 12.1 Å². The van der Waals surface area contributed by atoms with Crippen molar-refractivity contribution in [2.24, 2.45) is 11.8 Å². The van der Waals surface area contributed by atoms with Gasteiger partial charge in [-0.3, -0.25) is 0 Å². The van der Waals surface area contributed by atoms with Crippen LogP contribution in [0.4, 0.5) is 0 Å². The van der Waals surface area contributed by atoms with E-state index in [1.54, 1.807) is 0 Å². The molecule has 12 heavy (non-hydrogen) atoms. The minimum absolute atomic E-state index is 0.638. The molecule has 0 aliphatic heterocycles. The minimum Gasteiger partial charge on any atom is -0.312 e. The van der Waals surface area contributed by atoms with E-state index in [-0.39, 0.29) is 0 Å². The second-order valence-electron chi connectivity index (χ2n) is 4.73. The Morgan fingerprint density at radius 3 is 1.75 bits per heavy atom. The molecule has 1 N–H and O–H groups in total. The molecule has 0 saturated carbocycles. The lowest BCUT2D eigenvalue weighted by Gasteiger charge is -2.23. The van der Waals surface area contributed by atoms with Crippen LogP contribution in [0, 0.1) is 11.8 Å². The van der Waals surface area contributed by atoms with Gasteiger partial charge < -0.3 is 5.32 Å². The van der Waals surface area contributed by atoms with Gasteiger partial charge in [0.15, 0.2) is 0 Å². The van der Waals surface area contributed by atoms with Crippen molar-refractivity contribution in [2.75, 3.05) is 0 Å². The molecule has 0 aromatic rings. The fourth-order valence-corrected chi connectivity index (χ4v) is 1.42. The van der Waals surface area contributed by atoms with Gasteiger partial charge in [0.2, 0.25) is 0 Å².